The number of halogens is 1. The smallest absolute Gasteiger partial charge is 0.329 e. The van der Waals surface area contributed by atoms with E-state index >= 15 is 0 Å². The minimum Gasteiger partial charge on any atom is -0.465 e. The van der Waals surface area contributed by atoms with E-state index < -0.39 is 22.1 Å². The van der Waals surface area contributed by atoms with E-state index in [0.717, 1.165) is 16.8 Å². The molecular formula is C32H39FN6O6S. The van der Waals surface area contributed by atoms with Crippen LogP contribution in [-0.4, -0.2) is 92.8 Å². The molecule has 0 aliphatic carbocycles. The molecule has 4 heterocycles. The lowest BCUT2D eigenvalue weighted by Crippen LogP contribution is -2.42. The molecule has 246 valence electrons. The molecule has 46 heavy (non-hydrogen) atoms. The summed E-state index contributed by atoms with van der Waals surface area (Å²) in [7, 11) is -3.42. The number of likely N-dealkylation sites (tertiary alicyclic amines) is 1. The third kappa shape index (κ3) is 6.52. The Hall–Kier alpha value is -3.85. The number of imidazole rings is 1. The van der Waals surface area contributed by atoms with Gasteiger partial charge >= 0.3 is 11.7 Å². The molecule has 2 aromatic heterocycles. The first-order valence-corrected chi connectivity index (χ1v) is 17.4. The Kier molecular flexibility index (Phi) is 9.15. The number of hydrogen-bond donors (Lipinski definition) is 1. The largest absolute Gasteiger partial charge is 0.465 e. The normalized spacial score (nSPS) is 17.3. The third-order valence-electron chi connectivity index (χ3n) is 8.92. The number of aliphatic hydroxyl groups excluding tert-OH is 1. The number of aromatic nitrogens is 4. The number of nitrogens with zero attached hydrogens (tertiary/aromatic N) is 6. The number of carbonyl (C=O) groups is 1. The van der Waals surface area contributed by atoms with Gasteiger partial charge in [0.05, 0.1) is 42.2 Å². The molecule has 2 aromatic carbocycles. The molecule has 0 saturated carbocycles. The summed E-state index contributed by atoms with van der Waals surface area (Å²) in [6.07, 6.45) is 2.29. The quantitative estimate of drug-likeness (QED) is 0.258. The van der Waals surface area contributed by atoms with Crippen molar-refractivity contribution in [3.63, 3.8) is 0 Å². The number of carbonyl (C=O) groups excluding carboxylic acids is 1. The first-order valence-electron chi connectivity index (χ1n) is 15.6. The van der Waals surface area contributed by atoms with Crippen molar-refractivity contribution in [1.29, 1.82) is 0 Å². The highest BCUT2D eigenvalue weighted by Crippen LogP contribution is 2.32. The van der Waals surface area contributed by atoms with Gasteiger partial charge in [-0.1, -0.05) is 12.1 Å². The number of ether oxygens (including phenoxy) is 1. The van der Waals surface area contributed by atoms with Crippen LogP contribution in [0.2, 0.25) is 0 Å². The number of fused-ring (bicyclic) bond motifs is 2. The van der Waals surface area contributed by atoms with E-state index in [1.807, 2.05) is 24.3 Å². The van der Waals surface area contributed by atoms with E-state index in [0.29, 0.717) is 62.2 Å². The van der Waals surface area contributed by atoms with Crippen LogP contribution >= 0.6 is 0 Å². The Morgan fingerprint density at radius 1 is 1.07 bits per heavy atom. The van der Waals surface area contributed by atoms with Crippen LogP contribution in [0.3, 0.4) is 0 Å². The Morgan fingerprint density at radius 3 is 2.43 bits per heavy atom. The predicted octanol–water partition coefficient (Wildman–Crippen LogP) is 2.38. The molecule has 1 saturated heterocycles. The lowest BCUT2D eigenvalue weighted by Gasteiger charge is -2.33. The monoisotopic (exact) mass is 654 g/mol. The zero-order valence-corrected chi connectivity index (χ0v) is 26.8. The zero-order valence-electron chi connectivity index (χ0n) is 26.0. The number of para-hydroxylation sites is 2. The summed E-state index contributed by atoms with van der Waals surface area (Å²) < 4.78 is 49.8. The van der Waals surface area contributed by atoms with Crippen molar-refractivity contribution >= 4 is 27.0 Å². The molecule has 4 aromatic rings. The summed E-state index contributed by atoms with van der Waals surface area (Å²) in [6.45, 7) is 4.30. The number of β-amino-alcohol motifs (C(OH)–C–C–N with tert-alkyl or cyclic N) is 1. The summed E-state index contributed by atoms with van der Waals surface area (Å²) in [5, 5.41) is 16.0. The molecule has 1 atom stereocenters. The van der Waals surface area contributed by atoms with Gasteiger partial charge < -0.3 is 14.7 Å². The van der Waals surface area contributed by atoms with E-state index in [9.17, 15) is 27.5 Å². The van der Waals surface area contributed by atoms with Crippen LogP contribution in [0.1, 0.15) is 37.1 Å². The third-order valence-corrected chi connectivity index (χ3v) is 10.2. The van der Waals surface area contributed by atoms with Gasteiger partial charge in [-0.3, -0.25) is 18.6 Å². The molecule has 0 amide bonds. The average Bonchev–Trinajstić information content (AvgIpc) is 3.51. The van der Waals surface area contributed by atoms with Gasteiger partial charge in [0.15, 0.2) is 0 Å². The maximum atomic E-state index is 13.7. The van der Waals surface area contributed by atoms with Gasteiger partial charge in [0.1, 0.15) is 12.4 Å². The van der Waals surface area contributed by atoms with Crippen LogP contribution in [0.5, 0.6) is 0 Å². The van der Waals surface area contributed by atoms with Crippen LogP contribution in [0, 0.1) is 5.82 Å². The second-order valence-electron chi connectivity index (χ2n) is 12.0. The minimum atomic E-state index is -3.42. The first-order chi connectivity index (χ1) is 22.0. The number of aliphatic hydroxyl groups is 1. The highest BCUT2D eigenvalue weighted by molar-refractivity contribution is 7.88. The Balaban J connectivity index is 1.15. The van der Waals surface area contributed by atoms with E-state index in [1.165, 1.54) is 27.3 Å². The molecular weight excluding hydrogens is 615 g/mol. The number of hydrogen-bond acceptors (Lipinski definition) is 8. The van der Waals surface area contributed by atoms with E-state index in [-0.39, 0.29) is 43.8 Å². The summed E-state index contributed by atoms with van der Waals surface area (Å²) in [6, 6.07) is 13.4. The van der Waals surface area contributed by atoms with Gasteiger partial charge in [0, 0.05) is 62.0 Å². The fourth-order valence-electron chi connectivity index (χ4n) is 6.73. The average molecular weight is 655 g/mol. The number of sulfonamides is 1. The van der Waals surface area contributed by atoms with Gasteiger partial charge in [-0.15, -0.1) is 0 Å². The second-order valence-corrected chi connectivity index (χ2v) is 14.0. The van der Waals surface area contributed by atoms with Crippen LogP contribution in [0.25, 0.3) is 22.3 Å². The van der Waals surface area contributed by atoms with Crippen LogP contribution < -0.4 is 5.69 Å². The summed E-state index contributed by atoms with van der Waals surface area (Å²) in [5.41, 5.74) is 4.15. The summed E-state index contributed by atoms with van der Waals surface area (Å²) >= 11 is 0. The molecule has 0 bridgehead atoms. The SMILES string of the molecule is CCOC(=O)Cn1c(=O)n(C2CCN(CC(O)Cn3nc(-c4ccc(F)cc4)c4c3CCN(S(C)(=O)=O)C4)CC2)c2ccccc21. The highest BCUT2D eigenvalue weighted by Gasteiger charge is 2.31. The molecule has 6 rings (SSSR count). The molecule has 0 spiro atoms. The number of rotatable bonds is 10. The van der Waals surface area contributed by atoms with Gasteiger partial charge in [0.25, 0.3) is 0 Å². The van der Waals surface area contributed by atoms with Crippen molar-refractivity contribution < 1.29 is 27.4 Å². The van der Waals surface area contributed by atoms with Crippen LogP contribution in [-0.2, 0) is 45.6 Å². The standard InChI is InChI=1S/C32H39FN6O6S/c1-3-45-30(41)21-37-28-6-4-5-7-29(28)39(32(37)42)24-12-15-35(16-13-24)18-25(40)19-38-27-14-17-36(46(2,43)44)20-26(27)31(34-38)22-8-10-23(33)11-9-22/h4-11,24-25,40H,3,12-21H2,1-2H3. The molecule has 2 aliphatic heterocycles. The van der Waals surface area contributed by atoms with Crippen LogP contribution in [0.15, 0.2) is 53.3 Å². The van der Waals surface area contributed by atoms with Gasteiger partial charge in [-0.25, -0.2) is 17.6 Å². The van der Waals surface area contributed by atoms with E-state index in [2.05, 4.69) is 4.90 Å². The Bertz CT molecular complexity index is 1890. The predicted molar refractivity (Wildman–Crippen MR) is 170 cm³/mol. The lowest BCUT2D eigenvalue weighted by molar-refractivity contribution is -0.143. The van der Waals surface area contributed by atoms with Crippen molar-refractivity contribution in [3.8, 4) is 11.3 Å². The zero-order chi connectivity index (χ0) is 32.6. The second kappa shape index (κ2) is 13.1. The summed E-state index contributed by atoms with van der Waals surface area (Å²) in [5.74, 6) is -0.825. The first kappa shape index (κ1) is 32.1. The molecule has 12 nitrogen and oxygen atoms in total. The lowest BCUT2D eigenvalue weighted by atomic mass is 10.0. The minimum absolute atomic E-state index is 0.0524. The number of piperidine rings is 1. The van der Waals surface area contributed by atoms with Gasteiger partial charge in [-0.2, -0.15) is 9.40 Å². The van der Waals surface area contributed by atoms with E-state index in [1.54, 1.807) is 28.3 Å². The van der Waals surface area contributed by atoms with Gasteiger partial charge in [0.2, 0.25) is 10.0 Å². The molecule has 1 fully saturated rings. The maximum Gasteiger partial charge on any atom is 0.329 e. The van der Waals surface area contributed by atoms with Crippen molar-refractivity contribution in [1.82, 2.24) is 28.1 Å². The number of esters is 1. The van der Waals surface area contributed by atoms with Crippen molar-refractivity contribution in [2.45, 2.75) is 58.0 Å². The maximum absolute atomic E-state index is 13.7. The molecule has 1 unspecified atom stereocenters. The van der Waals surface area contributed by atoms with E-state index in [4.69, 9.17) is 9.84 Å². The van der Waals surface area contributed by atoms with Gasteiger partial charge in [-0.05, 0) is 56.2 Å². The molecule has 0 radical (unpaired) electrons. The van der Waals surface area contributed by atoms with Crippen molar-refractivity contribution in [3.05, 3.63) is 76.1 Å². The Morgan fingerprint density at radius 2 is 1.76 bits per heavy atom. The van der Waals surface area contributed by atoms with Crippen LogP contribution in [0.4, 0.5) is 4.39 Å². The highest BCUT2D eigenvalue weighted by atomic mass is 32.2. The fraction of sp³-hybridized carbons (Fsp3) is 0.469. The van der Waals surface area contributed by atoms with Crippen molar-refractivity contribution in [2.75, 3.05) is 39.0 Å². The molecule has 1 N–H and O–H groups in total. The molecule has 2 aliphatic rings. The molecule has 14 heteroatoms. The number of benzene rings is 2. The Labute approximate surface area is 266 Å². The van der Waals surface area contributed by atoms with Crippen molar-refractivity contribution in [2.24, 2.45) is 0 Å². The summed E-state index contributed by atoms with van der Waals surface area (Å²) in [4.78, 5) is 27.9. The fourth-order valence-corrected chi connectivity index (χ4v) is 7.52. The topological polar surface area (TPSA) is 132 Å².